The van der Waals surface area contributed by atoms with Crippen molar-refractivity contribution in [3.63, 3.8) is 0 Å². The first-order valence-corrected chi connectivity index (χ1v) is 14.2. The van der Waals surface area contributed by atoms with Crippen LogP contribution < -0.4 is 20.5 Å². The highest BCUT2D eigenvalue weighted by molar-refractivity contribution is 14.1. The standard InChI is InChI=1S/C27H32IN3O4S/c1-3-34-22-14-18(13-20(28)25(22)35-16-24(29)32)15-23-26(33)31(21-12-8-7-9-17(21)2)27(36-23)30-19-10-5-4-6-11-19/h4-6,10-11,13-15,17,21,27,30H,3,7-9,12,16H2,1-2H3,(H2,29,32)/b23-15-/t17-,21-,27?/m0/s1. The van der Waals surface area contributed by atoms with Crippen LogP contribution in [-0.4, -0.2) is 41.5 Å². The number of nitrogens with two attached hydrogens (primary N) is 1. The zero-order valence-corrected chi connectivity index (χ0v) is 23.5. The molecule has 0 aromatic heterocycles. The number of benzene rings is 2. The van der Waals surface area contributed by atoms with Gasteiger partial charge in [0.25, 0.3) is 11.8 Å². The second kappa shape index (κ2) is 12.2. The minimum atomic E-state index is -0.554. The number of halogens is 1. The lowest BCUT2D eigenvalue weighted by atomic mass is 9.85. The molecule has 0 bridgehead atoms. The number of para-hydroxylation sites is 1. The average Bonchev–Trinajstić information content (AvgIpc) is 3.13. The van der Waals surface area contributed by atoms with Gasteiger partial charge in [-0.15, -0.1) is 0 Å². The zero-order valence-electron chi connectivity index (χ0n) is 20.5. The van der Waals surface area contributed by atoms with Crippen molar-refractivity contribution in [3.8, 4) is 11.5 Å². The lowest BCUT2D eigenvalue weighted by Crippen LogP contribution is -2.48. The van der Waals surface area contributed by atoms with Crippen molar-refractivity contribution in [1.29, 1.82) is 0 Å². The largest absolute Gasteiger partial charge is 0.490 e. The van der Waals surface area contributed by atoms with Gasteiger partial charge in [-0.05, 0) is 84.2 Å². The molecule has 192 valence electrons. The molecule has 4 rings (SSSR count). The number of nitrogens with zero attached hydrogens (tertiary/aromatic N) is 1. The van der Waals surface area contributed by atoms with E-state index in [-0.39, 0.29) is 24.1 Å². The zero-order chi connectivity index (χ0) is 25.7. The van der Waals surface area contributed by atoms with Crippen LogP contribution in [0.1, 0.15) is 45.1 Å². The van der Waals surface area contributed by atoms with Crippen LogP contribution in [0.25, 0.3) is 6.08 Å². The second-order valence-electron chi connectivity index (χ2n) is 9.05. The van der Waals surface area contributed by atoms with Crippen LogP contribution in [0.5, 0.6) is 11.5 Å². The summed E-state index contributed by atoms with van der Waals surface area (Å²) in [6.07, 6.45) is 6.44. The van der Waals surface area contributed by atoms with Gasteiger partial charge in [0.1, 0.15) is 0 Å². The summed E-state index contributed by atoms with van der Waals surface area (Å²) >= 11 is 3.70. The Morgan fingerprint density at radius 2 is 1.97 bits per heavy atom. The number of thioether (sulfide) groups is 1. The maximum Gasteiger partial charge on any atom is 0.262 e. The highest BCUT2D eigenvalue weighted by Gasteiger charge is 2.42. The van der Waals surface area contributed by atoms with E-state index in [2.05, 4.69) is 34.8 Å². The van der Waals surface area contributed by atoms with Crippen molar-refractivity contribution in [2.75, 3.05) is 18.5 Å². The molecule has 0 spiro atoms. The van der Waals surface area contributed by atoms with E-state index in [0.29, 0.717) is 28.9 Å². The van der Waals surface area contributed by atoms with Crippen molar-refractivity contribution in [1.82, 2.24) is 4.90 Å². The van der Waals surface area contributed by atoms with Gasteiger partial charge < -0.3 is 25.4 Å². The van der Waals surface area contributed by atoms with Crippen LogP contribution in [0.4, 0.5) is 5.69 Å². The van der Waals surface area contributed by atoms with E-state index in [1.807, 2.05) is 60.4 Å². The van der Waals surface area contributed by atoms with E-state index in [1.165, 1.54) is 6.42 Å². The number of hydrogen-bond acceptors (Lipinski definition) is 6. The number of carbonyl (C=O) groups is 2. The van der Waals surface area contributed by atoms with Gasteiger partial charge in [-0.3, -0.25) is 9.59 Å². The lowest BCUT2D eigenvalue weighted by Gasteiger charge is -2.39. The molecular formula is C27H32IN3O4S. The summed E-state index contributed by atoms with van der Waals surface area (Å²) in [4.78, 5) is 27.7. The van der Waals surface area contributed by atoms with E-state index in [4.69, 9.17) is 15.2 Å². The first-order chi connectivity index (χ1) is 17.4. The fourth-order valence-corrected chi connectivity index (χ4v) is 6.73. The van der Waals surface area contributed by atoms with Gasteiger partial charge in [0.05, 0.1) is 15.1 Å². The topological polar surface area (TPSA) is 93.9 Å². The van der Waals surface area contributed by atoms with Crippen LogP contribution in [0, 0.1) is 9.49 Å². The van der Waals surface area contributed by atoms with E-state index >= 15 is 0 Å². The SMILES string of the molecule is CCOc1cc(/C=C2\SC(Nc3ccccc3)N([C@H]3CCCC[C@@H]3C)C2=O)cc(I)c1OCC(N)=O. The third kappa shape index (κ3) is 6.29. The first-order valence-electron chi connectivity index (χ1n) is 12.3. The number of anilines is 1. The Morgan fingerprint density at radius 3 is 2.67 bits per heavy atom. The molecule has 2 amide bonds. The van der Waals surface area contributed by atoms with Crippen LogP contribution in [-0.2, 0) is 9.59 Å². The van der Waals surface area contributed by atoms with Crippen molar-refractivity contribution >= 4 is 57.9 Å². The molecule has 2 aromatic carbocycles. The molecule has 1 aliphatic carbocycles. The predicted molar refractivity (Wildman–Crippen MR) is 153 cm³/mol. The fourth-order valence-electron chi connectivity index (χ4n) is 4.74. The maximum atomic E-state index is 13.8. The number of ether oxygens (including phenoxy) is 2. The summed E-state index contributed by atoms with van der Waals surface area (Å²) in [7, 11) is 0. The van der Waals surface area contributed by atoms with Gasteiger partial charge >= 0.3 is 0 Å². The highest BCUT2D eigenvalue weighted by Crippen LogP contribution is 2.43. The molecule has 0 radical (unpaired) electrons. The molecule has 1 unspecified atom stereocenters. The van der Waals surface area contributed by atoms with Gasteiger partial charge in [-0.25, -0.2) is 0 Å². The van der Waals surface area contributed by atoms with Crippen LogP contribution in [0.3, 0.4) is 0 Å². The molecule has 3 atom stereocenters. The van der Waals surface area contributed by atoms with Gasteiger partial charge in [0.2, 0.25) is 0 Å². The number of amides is 2. The maximum absolute atomic E-state index is 13.8. The van der Waals surface area contributed by atoms with Gasteiger partial charge in [-0.1, -0.05) is 49.7 Å². The summed E-state index contributed by atoms with van der Waals surface area (Å²) in [6, 6.07) is 14.0. The summed E-state index contributed by atoms with van der Waals surface area (Å²) in [5.41, 5.74) is 6.90. The van der Waals surface area contributed by atoms with E-state index in [9.17, 15) is 9.59 Å². The minimum Gasteiger partial charge on any atom is -0.490 e. The molecule has 2 aromatic rings. The monoisotopic (exact) mass is 621 g/mol. The van der Waals surface area contributed by atoms with Gasteiger partial charge in [-0.2, -0.15) is 0 Å². The second-order valence-corrected chi connectivity index (χ2v) is 11.3. The number of primary amides is 1. The third-order valence-electron chi connectivity index (χ3n) is 6.41. The van der Waals surface area contributed by atoms with Crippen LogP contribution >= 0.6 is 34.4 Å². The molecule has 7 nitrogen and oxygen atoms in total. The van der Waals surface area contributed by atoms with E-state index < -0.39 is 5.91 Å². The van der Waals surface area contributed by atoms with Gasteiger partial charge in [0.15, 0.2) is 23.6 Å². The summed E-state index contributed by atoms with van der Waals surface area (Å²) in [5, 5.41) is 3.57. The molecule has 2 fully saturated rings. The van der Waals surface area contributed by atoms with Crippen molar-refractivity contribution < 1.29 is 19.1 Å². The van der Waals surface area contributed by atoms with Crippen molar-refractivity contribution in [3.05, 3.63) is 56.5 Å². The number of hydrogen-bond donors (Lipinski definition) is 2. The Bertz CT molecular complexity index is 1130. The molecular weight excluding hydrogens is 589 g/mol. The van der Waals surface area contributed by atoms with Crippen LogP contribution in [0.2, 0.25) is 0 Å². The normalized spacial score (nSPS) is 23.1. The smallest absolute Gasteiger partial charge is 0.262 e. The van der Waals surface area contributed by atoms with Crippen molar-refractivity contribution in [2.24, 2.45) is 11.7 Å². The molecule has 2 aliphatic rings. The Balaban J connectivity index is 1.66. The van der Waals surface area contributed by atoms with Gasteiger partial charge in [0, 0.05) is 11.7 Å². The minimum absolute atomic E-state index is 0.0502. The molecule has 1 saturated heterocycles. The number of nitrogens with one attached hydrogen (secondary N) is 1. The quantitative estimate of drug-likeness (QED) is 0.286. The molecule has 1 aliphatic heterocycles. The Morgan fingerprint density at radius 1 is 1.22 bits per heavy atom. The first kappa shape index (κ1) is 26.7. The molecule has 36 heavy (non-hydrogen) atoms. The third-order valence-corrected chi connectivity index (χ3v) is 8.33. The van der Waals surface area contributed by atoms with E-state index in [0.717, 1.165) is 34.1 Å². The fraction of sp³-hybridized carbons (Fsp3) is 0.407. The summed E-state index contributed by atoms with van der Waals surface area (Å²) < 4.78 is 12.2. The predicted octanol–water partition coefficient (Wildman–Crippen LogP) is 5.44. The highest BCUT2D eigenvalue weighted by atomic mass is 127. The van der Waals surface area contributed by atoms with Crippen molar-refractivity contribution in [2.45, 2.75) is 51.1 Å². The van der Waals surface area contributed by atoms with E-state index in [1.54, 1.807) is 11.8 Å². The number of carbonyl (C=O) groups excluding carboxylic acids is 2. The Hall–Kier alpha value is -2.40. The summed E-state index contributed by atoms with van der Waals surface area (Å²) in [6.45, 7) is 4.35. The number of rotatable bonds is 9. The molecule has 1 saturated carbocycles. The Kier molecular flexibility index (Phi) is 9.05. The lowest BCUT2D eigenvalue weighted by molar-refractivity contribution is -0.129. The molecule has 3 N–H and O–H groups in total. The Labute approximate surface area is 230 Å². The van der Waals surface area contributed by atoms with Crippen LogP contribution in [0.15, 0.2) is 47.4 Å². The average molecular weight is 622 g/mol. The molecule has 9 heteroatoms. The molecule has 1 heterocycles. The summed E-state index contributed by atoms with van der Waals surface area (Å²) in [5.74, 6) is 0.945.